The quantitative estimate of drug-likeness (QED) is 0.669. The molecule has 0 aliphatic rings. The van der Waals surface area contributed by atoms with Crippen molar-refractivity contribution in [3.05, 3.63) is 0 Å². The molecule has 0 aromatic carbocycles. The Balaban J connectivity index is -0.000000449. The molecule has 15 heavy (non-hydrogen) atoms. The van der Waals surface area contributed by atoms with Crippen molar-refractivity contribution in [2.24, 2.45) is 16.6 Å². The number of hydrogen-bond donors (Lipinski definition) is 1. The predicted octanol–water partition coefficient (Wildman–Crippen LogP) is 4.85. The van der Waals surface area contributed by atoms with E-state index in [0.717, 1.165) is 6.54 Å². The molecule has 0 saturated heterocycles. The molecule has 1 nitrogen and oxygen atoms in total. The van der Waals surface area contributed by atoms with Crippen LogP contribution in [-0.2, 0) is 0 Å². The van der Waals surface area contributed by atoms with Crippen LogP contribution >= 0.6 is 0 Å². The van der Waals surface area contributed by atoms with Crippen molar-refractivity contribution in [1.29, 1.82) is 0 Å². The van der Waals surface area contributed by atoms with E-state index >= 15 is 0 Å². The number of hydrogen-bond acceptors (Lipinski definition) is 1. The highest BCUT2D eigenvalue weighted by molar-refractivity contribution is 4.81. The summed E-state index contributed by atoms with van der Waals surface area (Å²) in [5.74, 6) is 0. The maximum Gasteiger partial charge on any atom is -0.00773 e. The summed E-state index contributed by atoms with van der Waals surface area (Å²) in [6.07, 6.45) is 3.72. The summed E-state index contributed by atoms with van der Waals surface area (Å²) in [6, 6.07) is 0. The Bertz CT molecular complexity index is 120. The first-order chi connectivity index (χ1) is 6.31. The molecule has 2 N–H and O–H groups in total. The zero-order valence-corrected chi connectivity index (χ0v) is 11.4. The Labute approximate surface area is 98.8 Å². The SMILES string of the molecule is C.CC.CC(C)(C)C(C)(C)CCCCN. The van der Waals surface area contributed by atoms with Crippen molar-refractivity contribution in [3.63, 3.8) is 0 Å². The van der Waals surface area contributed by atoms with E-state index < -0.39 is 0 Å². The van der Waals surface area contributed by atoms with Crippen LogP contribution in [0.2, 0.25) is 0 Å². The van der Waals surface area contributed by atoms with E-state index in [1.165, 1.54) is 19.3 Å². The lowest BCUT2D eigenvalue weighted by molar-refractivity contribution is 0.116. The Morgan fingerprint density at radius 3 is 1.53 bits per heavy atom. The second kappa shape index (κ2) is 9.21. The molecular formula is C14H35N. The zero-order valence-electron chi connectivity index (χ0n) is 11.4. The zero-order chi connectivity index (χ0) is 11.8. The van der Waals surface area contributed by atoms with Crippen LogP contribution in [0.3, 0.4) is 0 Å². The van der Waals surface area contributed by atoms with Gasteiger partial charge in [-0.2, -0.15) is 0 Å². The summed E-state index contributed by atoms with van der Waals surface area (Å²) in [7, 11) is 0. The standard InChI is InChI=1S/C11H25N.C2H6.CH4/c1-10(2,3)11(4,5)8-6-7-9-12;1-2;/h6-9,12H2,1-5H3;1-2H3;1H4. The maximum atomic E-state index is 5.47. The van der Waals surface area contributed by atoms with E-state index in [-0.39, 0.29) is 7.43 Å². The topological polar surface area (TPSA) is 26.0 Å². The van der Waals surface area contributed by atoms with Crippen LogP contribution in [0.1, 0.15) is 75.2 Å². The molecule has 0 radical (unpaired) electrons. The lowest BCUT2D eigenvalue weighted by Gasteiger charge is -2.39. The second-order valence-corrected chi connectivity index (χ2v) is 5.38. The molecule has 1 heteroatoms. The number of nitrogens with two attached hydrogens (primary N) is 1. The largest absolute Gasteiger partial charge is 0.330 e. The van der Waals surface area contributed by atoms with Gasteiger partial charge in [-0.3, -0.25) is 0 Å². The molecule has 0 aromatic heterocycles. The Morgan fingerprint density at radius 1 is 0.867 bits per heavy atom. The fraction of sp³-hybridized carbons (Fsp3) is 1.00. The lowest BCUT2D eigenvalue weighted by atomic mass is 9.67. The average molecular weight is 217 g/mol. The number of unbranched alkanes of at least 4 members (excludes halogenated alkanes) is 1. The third-order valence-corrected chi connectivity index (χ3v) is 3.29. The van der Waals surface area contributed by atoms with Gasteiger partial charge < -0.3 is 5.73 Å². The monoisotopic (exact) mass is 217 g/mol. The van der Waals surface area contributed by atoms with E-state index in [9.17, 15) is 0 Å². The van der Waals surface area contributed by atoms with Crippen molar-refractivity contribution in [3.8, 4) is 0 Å². The molecule has 0 fully saturated rings. The predicted molar refractivity (Wildman–Crippen MR) is 74.2 cm³/mol. The van der Waals surface area contributed by atoms with Gasteiger partial charge in [0.1, 0.15) is 0 Å². The first-order valence-corrected chi connectivity index (χ1v) is 6.01. The van der Waals surface area contributed by atoms with Crippen molar-refractivity contribution in [2.45, 2.75) is 75.2 Å². The molecule has 0 rings (SSSR count). The highest BCUT2D eigenvalue weighted by atomic mass is 14.5. The maximum absolute atomic E-state index is 5.47. The average Bonchev–Trinajstić information content (AvgIpc) is 2.06. The molecule has 0 spiro atoms. The molecule has 0 aliphatic heterocycles. The van der Waals surface area contributed by atoms with Crippen molar-refractivity contribution in [2.75, 3.05) is 6.54 Å². The third kappa shape index (κ3) is 8.92. The van der Waals surface area contributed by atoms with Crippen LogP contribution in [0.4, 0.5) is 0 Å². The second-order valence-electron chi connectivity index (χ2n) is 5.38. The summed E-state index contributed by atoms with van der Waals surface area (Å²) < 4.78 is 0. The minimum atomic E-state index is 0. The van der Waals surface area contributed by atoms with Crippen LogP contribution in [0, 0.1) is 10.8 Å². The molecule has 0 amide bonds. The summed E-state index contributed by atoms with van der Waals surface area (Å²) >= 11 is 0. The normalized spacial score (nSPS) is 11.2. The molecule has 96 valence electrons. The van der Waals surface area contributed by atoms with E-state index in [1.54, 1.807) is 0 Å². The van der Waals surface area contributed by atoms with E-state index in [1.807, 2.05) is 13.8 Å². The summed E-state index contributed by atoms with van der Waals surface area (Å²) in [5, 5.41) is 0. The molecule has 0 atom stereocenters. The van der Waals surface area contributed by atoms with Gasteiger partial charge in [0, 0.05) is 0 Å². The molecule has 0 aromatic rings. The van der Waals surface area contributed by atoms with Crippen LogP contribution in [0.5, 0.6) is 0 Å². The Hall–Kier alpha value is -0.0400. The van der Waals surface area contributed by atoms with Gasteiger partial charge in [0.25, 0.3) is 0 Å². The minimum Gasteiger partial charge on any atom is -0.330 e. The van der Waals surface area contributed by atoms with Crippen LogP contribution in [0.15, 0.2) is 0 Å². The Kier molecular flexibility index (Phi) is 12.5. The number of rotatable bonds is 4. The van der Waals surface area contributed by atoms with Gasteiger partial charge in [0.05, 0.1) is 0 Å². The van der Waals surface area contributed by atoms with Gasteiger partial charge in [-0.15, -0.1) is 0 Å². The first-order valence-electron chi connectivity index (χ1n) is 6.01. The van der Waals surface area contributed by atoms with Gasteiger partial charge in [0.15, 0.2) is 0 Å². The molecule has 0 heterocycles. The molecule has 0 unspecified atom stereocenters. The van der Waals surface area contributed by atoms with Gasteiger partial charge in [0.2, 0.25) is 0 Å². The highest BCUT2D eigenvalue weighted by Gasteiger charge is 2.31. The summed E-state index contributed by atoms with van der Waals surface area (Å²) in [5.41, 5.74) is 6.30. The van der Waals surface area contributed by atoms with Crippen LogP contribution in [-0.4, -0.2) is 6.54 Å². The fourth-order valence-corrected chi connectivity index (χ4v) is 1.09. The van der Waals surface area contributed by atoms with Crippen molar-refractivity contribution < 1.29 is 0 Å². The molecule has 0 aliphatic carbocycles. The van der Waals surface area contributed by atoms with Crippen LogP contribution in [0.25, 0.3) is 0 Å². The van der Waals surface area contributed by atoms with Gasteiger partial charge in [-0.05, 0) is 30.2 Å². The van der Waals surface area contributed by atoms with Gasteiger partial charge >= 0.3 is 0 Å². The lowest BCUT2D eigenvalue weighted by Crippen LogP contribution is -2.29. The summed E-state index contributed by atoms with van der Waals surface area (Å²) in [6.45, 7) is 16.5. The fourth-order valence-electron chi connectivity index (χ4n) is 1.09. The van der Waals surface area contributed by atoms with E-state index in [4.69, 9.17) is 5.73 Å². The summed E-state index contributed by atoms with van der Waals surface area (Å²) in [4.78, 5) is 0. The molecular weight excluding hydrogens is 182 g/mol. The molecule has 0 bridgehead atoms. The van der Waals surface area contributed by atoms with Gasteiger partial charge in [-0.1, -0.05) is 62.3 Å². The first kappa shape index (κ1) is 20.4. The van der Waals surface area contributed by atoms with Crippen molar-refractivity contribution in [1.82, 2.24) is 0 Å². The Morgan fingerprint density at radius 2 is 1.27 bits per heavy atom. The van der Waals surface area contributed by atoms with Crippen molar-refractivity contribution >= 4 is 0 Å². The smallest absolute Gasteiger partial charge is 0.00773 e. The van der Waals surface area contributed by atoms with Gasteiger partial charge in [-0.25, -0.2) is 0 Å². The minimum absolute atomic E-state index is 0. The highest BCUT2D eigenvalue weighted by Crippen LogP contribution is 2.41. The molecule has 0 saturated carbocycles. The third-order valence-electron chi connectivity index (χ3n) is 3.29. The van der Waals surface area contributed by atoms with E-state index in [0.29, 0.717) is 10.8 Å². The van der Waals surface area contributed by atoms with E-state index in [2.05, 4.69) is 34.6 Å². The van der Waals surface area contributed by atoms with Crippen LogP contribution < -0.4 is 5.73 Å².